The molecule has 1 aliphatic rings. The zero-order valence-corrected chi connectivity index (χ0v) is 11.7. The van der Waals surface area contributed by atoms with Gasteiger partial charge >= 0.3 is 5.97 Å². The maximum Gasteiger partial charge on any atom is 0.320 e. The second-order valence-corrected chi connectivity index (χ2v) is 5.72. The zero-order chi connectivity index (χ0) is 12.8. The van der Waals surface area contributed by atoms with E-state index in [1.807, 2.05) is 13.8 Å². The molecule has 100 valence electrons. The summed E-state index contributed by atoms with van der Waals surface area (Å²) >= 11 is 0. The van der Waals surface area contributed by atoms with Gasteiger partial charge in [0.15, 0.2) is 0 Å². The summed E-state index contributed by atoms with van der Waals surface area (Å²) in [6.45, 7) is 8.67. The van der Waals surface area contributed by atoms with Gasteiger partial charge in [0, 0.05) is 6.04 Å². The Balaban J connectivity index is 2.35. The summed E-state index contributed by atoms with van der Waals surface area (Å²) in [6, 6.07) is 0.489. The van der Waals surface area contributed by atoms with Crippen molar-refractivity contribution in [3.05, 3.63) is 0 Å². The van der Waals surface area contributed by atoms with E-state index in [9.17, 15) is 4.79 Å². The van der Waals surface area contributed by atoms with Crippen LogP contribution in [0.3, 0.4) is 0 Å². The van der Waals surface area contributed by atoms with E-state index in [1.54, 1.807) is 0 Å². The predicted octanol–water partition coefficient (Wildman–Crippen LogP) is 2.74. The van der Waals surface area contributed by atoms with Gasteiger partial charge in [0.1, 0.15) is 0 Å². The van der Waals surface area contributed by atoms with Crippen molar-refractivity contribution in [2.75, 3.05) is 6.54 Å². The fraction of sp³-hybridized carbons (Fsp3) is 0.929. The molecule has 0 radical (unpaired) electrons. The molecule has 0 aliphatic heterocycles. The Morgan fingerprint density at radius 1 is 1.24 bits per heavy atom. The molecule has 1 fully saturated rings. The molecule has 0 bridgehead atoms. The first kappa shape index (κ1) is 14.5. The van der Waals surface area contributed by atoms with Crippen LogP contribution in [0, 0.1) is 11.8 Å². The molecular weight excluding hydrogens is 214 g/mol. The quantitative estimate of drug-likeness (QED) is 0.752. The molecule has 0 spiro atoms. The monoisotopic (exact) mass is 241 g/mol. The van der Waals surface area contributed by atoms with Crippen LogP contribution in [0.15, 0.2) is 0 Å². The highest BCUT2D eigenvalue weighted by molar-refractivity contribution is 5.71. The molecule has 17 heavy (non-hydrogen) atoms. The van der Waals surface area contributed by atoms with Crippen LogP contribution in [0.25, 0.3) is 0 Å². The van der Waals surface area contributed by atoms with Crippen molar-refractivity contribution >= 4 is 5.97 Å². The third kappa shape index (κ3) is 5.07. The molecule has 1 rings (SSSR count). The van der Waals surface area contributed by atoms with Gasteiger partial charge in [0.05, 0.1) is 12.6 Å². The van der Waals surface area contributed by atoms with Crippen molar-refractivity contribution in [3.63, 3.8) is 0 Å². The molecule has 1 N–H and O–H groups in total. The molecule has 3 heteroatoms. The lowest BCUT2D eigenvalue weighted by molar-refractivity contribution is -0.146. The van der Waals surface area contributed by atoms with Crippen LogP contribution in [0.1, 0.15) is 53.4 Å². The fourth-order valence-electron chi connectivity index (χ4n) is 2.73. The highest BCUT2D eigenvalue weighted by atomic mass is 16.5. The number of hydrogen-bond acceptors (Lipinski definition) is 3. The van der Waals surface area contributed by atoms with Gasteiger partial charge in [0.25, 0.3) is 0 Å². The first-order chi connectivity index (χ1) is 8.00. The van der Waals surface area contributed by atoms with E-state index in [0.29, 0.717) is 24.4 Å². The highest BCUT2D eigenvalue weighted by Gasteiger charge is 2.27. The van der Waals surface area contributed by atoms with Gasteiger partial charge in [0.2, 0.25) is 0 Å². The number of hydrogen-bond donors (Lipinski definition) is 1. The third-order valence-corrected chi connectivity index (χ3v) is 3.55. The van der Waals surface area contributed by atoms with E-state index in [4.69, 9.17) is 4.74 Å². The van der Waals surface area contributed by atoms with Crippen LogP contribution < -0.4 is 5.32 Å². The van der Waals surface area contributed by atoms with Crippen molar-refractivity contribution in [3.8, 4) is 0 Å². The van der Waals surface area contributed by atoms with Gasteiger partial charge in [-0.25, -0.2) is 0 Å². The predicted molar refractivity (Wildman–Crippen MR) is 69.8 cm³/mol. The highest BCUT2D eigenvalue weighted by Crippen LogP contribution is 2.29. The molecule has 2 unspecified atom stereocenters. The van der Waals surface area contributed by atoms with E-state index < -0.39 is 0 Å². The van der Waals surface area contributed by atoms with E-state index in [2.05, 4.69) is 19.2 Å². The Hall–Kier alpha value is -0.570. The van der Waals surface area contributed by atoms with E-state index in [0.717, 1.165) is 0 Å². The summed E-state index contributed by atoms with van der Waals surface area (Å²) in [6.07, 6.45) is 5.07. The fourth-order valence-corrected chi connectivity index (χ4v) is 2.73. The summed E-state index contributed by atoms with van der Waals surface area (Å²) in [5, 5.41) is 3.38. The average molecular weight is 241 g/mol. The van der Waals surface area contributed by atoms with Crippen molar-refractivity contribution < 1.29 is 9.53 Å². The van der Waals surface area contributed by atoms with E-state index in [1.165, 1.54) is 25.7 Å². The van der Waals surface area contributed by atoms with E-state index in [-0.39, 0.29) is 12.1 Å². The Labute approximate surface area is 105 Å². The van der Waals surface area contributed by atoms with Gasteiger partial charge in [-0.05, 0) is 38.5 Å². The molecule has 0 saturated heterocycles. The third-order valence-electron chi connectivity index (χ3n) is 3.55. The van der Waals surface area contributed by atoms with Crippen molar-refractivity contribution in [2.45, 2.75) is 65.5 Å². The summed E-state index contributed by atoms with van der Waals surface area (Å²) in [5.41, 5.74) is 0. The smallest absolute Gasteiger partial charge is 0.320 e. The molecule has 1 aliphatic carbocycles. The molecule has 0 heterocycles. The minimum Gasteiger partial charge on any atom is -0.462 e. The summed E-state index contributed by atoms with van der Waals surface area (Å²) in [4.78, 5) is 11.5. The Bertz CT molecular complexity index is 238. The molecular formula is C14H27NO2. The van der Waals surface area contributed by atoms with Gasteiger partial charge in [-0.3, -0.25) is 4.79 Å². The lowest BCUT2D eigenvalue weighted by atomic mass is 9.78. The maximum absolute atomic E-state index is 11.5. The maximum atomic E-state index is 11.5. The Morgan fingerprint density at radius 3 is 2.47 bits per heavy atom. The summed E-state index contributed by atoms with van der Waals surface area (Å²) in [7, 11) is 0. The first-order valence-electron chi connectivity index (χ1n) is 6.93. The number of rotatable bonds is 5. The van der Waals surface area contributed by atoms with Crippen LogP contribution in [0.2, 0.25) is 0 Å². The minimum atomic E-state index is -0.131. The largest absolute Gasteiger partial charge is 0.462 e. The van der Waals surface area contributed by atoms with Gasteiger partial charge in [-0.15, -0.1) is 0 Å². The molecule has 0 aromatic carbocycles. The van der Waals surface area contributed by atoms with E-state index >= 15 is 0 Å². The van der Waals surface area contributed by atoms with Gasteiger partial charge < -0.3 is 10.1 Å². The lowest BCUT2D eigenvalue weighted by Gasteiger charge is -2.34. The number of carbonyl (C=O) groups is 1. The molecule has 1 saturated carbocycles. The normalized spacial score (nSPS) is 25.3. The topological polar surface area (TPSA) is 38.3 Å². The van der Waals surface area contributed by atoms with Crippen LogP contribution >= 0.6 is 0 Å². The summed E-state index contributed by atoms with van der Waals surface area (Å²) < 4.78 is 5.14. The van der Waals surface area contributed by atoms with Crippen LogP contribution in [0.5, 0.6) is 0 Å². The van der Waals surface area contributed by atoms with Crippen molar-refractivity contribution in [1.29, 1.82) is 0 Å². The molecule has 3 nitrogen and oxygen atoms in total. The van der Waals surface area contributed by atoms with Gasteiger partial charge in [-0.2, -0.15) is 0 Å². The standard InChI is InChI=1S/C14H27NO2/c1-10(2)12-7-5-6-8-13(12)15-9-14(16)17-11(3)4/h10-13,15H,5-9H2,1-4H3. The second-order valence-electron chi connectivity index (χ2n) is 5.72. The second kappa shape index (κ2) is 7.00. The Kier molecular flexibility index (Phi) is 5.96. The van der Waals surface area contributed by atoms with Crippen molar-refractivity contribution in [2.24, 2.45) is 11.8 Å². The molecule has 0 aromatic heterocycles. The average Bonchev–Trinajstić information content (AvgIpc) is 2.25. The first-order valence-corrected chi connectivity index (χ1v) is 6.93. The van der Waals surface area contributed by atoms with Gasteiger partial charge in [-0.1, -0.05) is 26.7 Å². The number of ether oxygens (including phenoxy) is 1. The molecule has 0 aromatic rings. The van der Waals surface area contributed by atoms with Crippen molar-refractivity contribution in [1.82, 2.24) is 5.32 Å². The molecule has 2 atom stereocenters. The van der Waals surface area contributed by atoms with Crippen LogP contribution in [-0.2, 0) is 9.53 Å². The lowest BCUT2D eigenvalue weighted by Crippen LogP contribution is -2.43. The van der Waals surface area contributed by atoms with Crippen LogP contribution in [-0.4, -0.2) is 24.7 Å². The zero-order valence-electron chi connectivity index (χ0n) is 11.7. The number of carbonyl (C=O) groups excluding carboxylic acids is 1. The number of esters is 1. The Morgan fingerprint density at radius 2 is 1.88 bits per heavy atom. The molecule has 0 amide bonds. The minimum absolute atomic E-state index is 0.0171. The number of nitrogens with one attached hydrogen (secondary N) is 1. The summed E-state index contributed by atoms with van der Waals surface area (Å²) in [5.74, 6) is 1.26. The van der Waals surface area contributed by atoms with Crippen LogP contribution in [0.4, 0.5) is 0 Å². The SMILES string of the molecule is CC(C)OC(=O)CNC1CCCCC1C(C)C.